The number of halogens is 1. The van der Waals surface area contributed by atoms with Gasteiger partial charge in [0.1, 0.15) is 0 Å². The van der Waals surface area contributed by atoms with E-state index in [0.29, 0.717) is 5.92 Å². The molecule has 154 valence electrons. The van der Waals surface area contributed by atoms with Gasteiger partial charge in [-0.05, 0) is 75.5 Å². The van der Waals surface area contributed by atoms with E-state index in [9.17, 15) is 0 Å². The number of fused-ring (bicyclic) bond motifs is 5. The molecule has 4 aromatic carbocycles. The minimum Gasteiger partial charge on any atom is -0.385 e. The molecule has 1 unspecified atom stereocenters. The van der Waals surface area contributed by atoms with Crippen molar-refractivity contribution in [3.63, 3.8) is 0 Å². The summed E-state index contributed by atoms with van der Waals surface area (Å²) >= 11 is 6.16. The Morgan fingerprint density at radius 1 is 0.871 bits per heavy atom. The molecule has 4 aromatic rings. The molecule has 1 N–H and O–H groups in total. The van der Waals surface area contributed by atoms with Crippen molar-refractivity contribution in [2.24, 2.45) is 4.99 Å². The standard InChI is InChI=1S/C24H19Cl.C4H6N2/c25-20-9-13-22-19(15-20)8-12-23-21-10-6-17(16-4-2-1-3-5-16)14-18(21)7-11-24(22)23;1-2-6-4-3-5-1/h1-5,7-9,11-13,15,17H,6,10,14H2;1-3,6H,4H2. The fraction of sp³-hybridized carbons (Fsp3) is 0.179. The summed E-state index contributed by atoms with van der Waals surface area (Å²) in [6.07, 6.45) is 8.90. The fourth-order valence-electron chi connectivity index (χ4n) is 4.74. The number of nitrogens with zero attached hydrogens (tertiary/aromatic N) is 1. The average molecular weight is 425 g/mol. The maximum Gasteiger partial charge on any atom is 0.0498 e. The Morgan fingerprint density at radius 2 is 1.71 bits per heavy atom. The van der Waals surface area contributed by atoms with E-state index in [2.05, 4.69) is 77.0 Å². The first kappa shape index (κ1) is 19.8. The highest BCUT2D eigenvalue weighted by molar-refractivity contribution is 6.31. The van der Waals surface area contributed by atoms with E-state index in [0.717, 1.165) is 24.4 Å². The topological polar surface area (TPSA) is 24.4 Å². The quantitative estimate of drug-likeness (QED) is 0.325. The van der Waals surface area contributed by atoms with Crippen molar-refractivity contribution in [3.05, 3.63) is 107 Å². The van der Waals surface area contributed by atoms with Gasteiger partial charge in [-0.15, -0.1) is 0 Å². The van der Waals surface area contributed by atoms with Crippen molar-refractivity contribution in [1.29, 1.82) is 0 Å². The molecule has 1 aliphatic heterocycles. The van der Waals surface area contributed by atoms with Gasteiger partial charge in [0, 0.05) is 30.2 Å². The van der Waals surface area contributed by atoms with Gasteiger partial charge in [0.25, 0.3) is 0 Å². The molecule has 1 atom stereocenters. The molecule has 31 heavy (non-hydrogen) atoms. The third-order valence-electron chi connectivity index (χ3n) is 6.26. The first-order valence-electron chi connectivity index (χ1n) is 10.9. The minimum absolute atomic E-state index is 0.644. The molecule has 0 radical (unpaired) electrons. The van der Waals surface area contributed by atoms with Crippen LogP contribution in [0.2, 0.25) is 5.02 Å². The predicted molar refractivity (Wildman–Crippen MR) is 133 cm³/mol. The van der Waals surface area contributed by atoms with E-state index in [1.165, 1.54) is 39.1 Å². The number of hydrogen-bond acceptors (Lipinski definition) is 2. The van der Waals surface area contributed by atoms with Crippen LogP contribution in [0, 0.1) is 0 Å². The van der Waals surface area contributed by atoms with Crippen LogP contribution in [0.5, 0.6) is 0 Å². The van der Waals surface area contributed by atoms with Crippen LogP contribution < -0.4 is 5.32 Å². The first-order valence-corrected chi connectivity index (χ1v) is 11.2. The summed E-state index contributed by atoms with van der Waals surface area (Å²) in [7, 11) is 0. The summed E-state index contributed by atoms with van der Waals surface area (Å²) in [5, 5.41) is 9.05. The monoisotopic (exact) mass is 424 g/mol. The highest BCUT2D eigenvalue weighted by Gasteiger charge is 2.21. The van der Waals surface area contributed by atoms with Crippen molar-refractivity contribution >= 4 is 39.4 Å². The molecule has 2 nitrogen and oxygen atoms in total. The molecule has 0 saturated carbocycles. The lowest BCUT2D eigenvalue weighted by atomic mass is 9.78. The number of aliphatic imine (C=N–C) groups is 1. The Balaban J connectivity index is 0.000000296. The molecular weight excluding hydrogens is 400 g/mol. The number of nitrogens with one attached hydrogen (secondary N) is 1. The molecule has 0 aromatic heterocycles. The van der Waals surface area contributed by atoms with E-state index >= 15 is 0 Å². The Morgan fingerprint density at radius 3 is 2.45 bits per heavy atom. The van der Waals surface area contributed by atoms with Gasteiger partial charge >= 0.3 is 0 Å². The second-order valence-corrected chi connectivity index (χ2v) is 8.57. The molecule has 0 fully saturated rings. The zero-order valence-corrected chi connectivity index (χ0v) is 18.1. The number of aryl methyl sites for hydroxylation is 1. The molecule has 6 rings (SSSR count). The smallest absolute Gasteiger partial charge is 0.0498 e. The molecular formula is C28H25ClN2. The Bertz CT molecular complexity index is 1260. The van der Waals surface area contributed by atoms with E-state index in [4.69, 9.17) is 11.6 Å². The third-order valence-corrected chi connectivity index (χ3v) is 6.50. The molecule has 0 bridgehead atoms. The van der Waals surface area contributed by atoms with Crippen LogP contribution in [0.15, 0.2) is 90.2 Å². The number of rotatable bonds is 1. The van der Waals surface area contributed by atoms with Crippen molar-refractivity contribution in [1.82, 2.24) is 5.32 Å². The SMILES string of the molecule is C1=CNCC=N1.Clc1ccc2c(ccc3c4c(ccc32)CC(c2ccccc2)CC4)c1. The fourth-order valence-corrected chi connectivity index (χ4v) is 4.92. The Hall–Kier alpha value is -3.10. The summed E-state index contributed by atoms with van der Waals surface area (Å²) in [4.78, 5) is 3.81. The number of hydrogen-bond donors (Lipinski definition) is 1. The molecule has 2 aliphatic rings. The van der Waals surface area contributed by atoms with E-state index in [-0.39, 0.29) is 0 Å². The summed E-state index contributed by atoms with van der Waals surface area (Å²) in [6.45, 7) is 0.872. The zero-order chi connectivity index (χ0) is 21.0. The highest BCUT2D eigenvalue weighted by Crippen LogP contribution is 2.38. The van der Waals surface area contributed by atoms with Crippen molar-refractivity contribution in [2.75, 3.05) is 6.54 Å². The van der Waals surface area contributed by atoms with Crippen molar-refractivity contribution in [2.45, 2.75) is 25.2 Å². The normalized spacial score (nSPS) is 17.0. The van der Waals surface area contributed by atoms with Crippen LogP contribution in [-0.2, 0) is 12.8 Å². The lowest BCUT2D eigenvalue weighted by molar-refractivity contribution is 0.588. The summed E-state index contributed by atoms with van der Waals surface area (Å²) in [5.74, 6) is 0.644. The lowest BCUT2D eigenvalue weighted by Crippen LogP contribution is -2.13. The van der Waals surface area contributed by atoms with Crippen LogP contribution in [0.3, 0.4) is 0 Å². The molecule has 1 heterocycles. The van der Waals surface area contributed by atoms with E-state index in [1.807, 2.05) is 18.5 Å². The van der Waals surface area contributed by atoms with Crippen molar-refractivity contribution < 1.29 is 0 Å². The van der Waals surface area contributed by atoms with Gasteiger partial charge in [-0.3, -0.25) is 4.99 Å². The lowest BCUT2D eigenvalue weighted by Gasteiger charge is -2.26. The minimum atomic E-state index is 0.644. The molecule has 0 saturated heterocycles. The van der Waals surface area contributed by atoms with Gasteiger partial charge < -0.3 is 5.32 Å². The second-order valence-electron chi connectivity index (χ2n) is 8.14. The van der Waals surface area contributed by atoms with Gasteiger partial charge in [0.15, 0.2) is 0 Å². The molecule has 3 heteroatoms. The van der Waals surface area contributed by atoms with E-state index in [1.54, 1.807) is 11.8 Å². The van der Waals surface area contributed by atoms with Gasteiger partial charge in [0.05, 0.1) is 0 Å². The highest BCUT2D eigenvalue weighted by atomic mass is 35.5. The third kappa shape index (κ3) is 4.22. The van der Waals surface area contributed by atoms with Crippen LogP contribution >= 0.6 is 11.6 Å². The summed E-state index contributed by atoms with van der Waals surface area (Å²) in [6, 6.07) is 26.3. The van der Waals surface area contributed by atoms with E-state index < -0.39 is 0 Å². The maximum absolute atomic E-state index is 6.16. The molecule has 1 aliphatic carbocycles. The summed E-state index contributed by atoms with van der Waals surface area (Å²) in [5.41, 5.74) is 4.53. The van der Waals surface area contributed by atoms with Gasteiger partial charge in [-0.25, -0.2) is 0 Å². The van der Waals surface area contributed by atoms with Gasteiger partial charge in [-0.1, -0.05) is 72.3 Å². The number of benzene rings is 4. The zero-order valence-electron chi connectivity index (χ0n) is 17.4. The first-order chi connectivity index (χ1) is 15.3. The average Bonchev–Trinajstić information content (AvgIpc) is 2.85. The van der Waals surface area contributed by atoms with Crippen LogP contribution in [0.1, 0.15) is 29.0 Å². The predicted octanol–water partition coefficient (Wildman–Crippen LogP) is 7.05. The van der Waals surface area contributed by atoms with Crippen LogP contribution in [0.4, 0.5) is 0 Å². The largest absolute Gasteiger partial charge is 0.385 e. The maximum atomic E-state index is 6.16. The van der Waals surface area contributed by atoms with Gasteiger partial charge in [0.2, 0.25) is 0 Å². The second kappa shape index (κ2) is 8.95. The molecule has 0 amide bonds. The summed E-state index contributed by atoms with van der Waals surface area (Å²) < 4.78 is 0. The van der Waals surface area contributed by atoms with Crippen molar-refractivity contribution in [3.8, 4) is 0 Å². The van der Waals surface area contributed by atoms with Gasteiger partial charge in [-0.2, -0.15) is 0 Å². The molecule has 0 spiro atoms. The van der Waals surface area contributed by atoms with Crippen LogP contribution in [-0.4, -0.2) is 12.8 Å². The Kier molecular flexibility index (Phi) is 5.73. The Labute approximate surface area is 188 Å². The van der Waals surface area contributed by atoms with Crippen LogP contribution in [0.25, 0.3) is 21.5 Å².